The summed E-state index contributed by atoms with van der Waals surface area (Å²) in [7, 11) is 0. The number of rotatable bonds is 4. The third-order valence-corrected chi connectivity index (χ3v) is 5.54. The zero-order valence-electron chi connectivity index (χ0n) is 12.0. The van der Waals surface area contributed by atoms with Crippen LogP contribution in [0.5, 0.6) is 0 Å². The van der Waals surface area contributed by atoms with Crippen LogP contribution in [0.15, 0.2) is 5.38 Å². The average molecular weight is 305 g/mol. The Hall–Kier alpha value is -1.43. The van der Waals surface area contributed by atoms with Crippen LogP contribution in [0.1, 0.15) is 36.4 Å². The van der Waals surface area contributed by atoms with Gasteiger partial charge in [0, 0.05) is 11.1 Å². The van der Waals surface area contributed by atoms with Gasteiger partial charge in [0.2, 0.25) is 11.8 Å². The van der Waals surface area contributed by atoms with Crippen molar-refractivity contribution in [1.82, 2.24) is 15.2 Å². The molecule has 0 spiro atoms. The van der Waals surface area contributed by atoms with Crippen LogP contribution < -0.4 is 5.32 Å². The number of piperazine rings is 1. The Bertz CT molecular complexity index is 591. The maximum atomic E-state index is 12.8. The van der Waals surface area contributed by atoms with Crippen molar-refractivity contribution in [2.24, 2.45) is 11.8 Å². The molecule has 2 atom stereocenters. The first-order chi connectivity index (χ1) is 10.1. The maximum absolute atomic E-state index is 12.8. The van der Waals surface area contributed by atoms with Crippen molar-refractivity contribution in [3.63, 3.8) is 0 Å². The highest BCUT2D eigenvalue weighted by Crippen LogP contribution is 2.41. The summed E-state index contributed by atoms with van der Waals surface area (Å²) in [5.41, 5.74) is 0.977. The van der Waals surface area contributed by atoms with Gasteiger partial charge in [-0.1, -0.05) is 0 Å². The van der Waals surface area contributed by atoms with Gasteiger partial charge < -0.3 is 10.2 Å². The molecule has 112 valence electrons. The Morgan fingerprint density at radius 3 is 2.57 bits per heavy atom. The maximum Gasteiger partial charge on any atom is 0.246 e. The lowest BCUT2D eigenvalue weighted by Crippen LogP contribution is -2.64. The number of thiazole rings is 1. The van der Waals surface area contributed by atoms with Gasteiger partial charge in [-0.25, -0.2) is 4.98 Å². The van der Waals surface area contributed by atoms with Crippen LogP contribution in [0.25, 0.3) is 0 Å². The molecule has 3 fully saturated rings. The third kappa shape index (κ3) is 2.46. The minimum absolute atomic E-state index is 0.0438. The van der Waals surface area contributed by atoms with Gasteiger partial charge in [-0.15, -0.1) is 11.3 Å². The molecule has 1 aromatic rings. The van der Waals surface area contributed by atoms with Crippen molar-refractivity contribution in [3.8, 4) is 0 Å². The highest BCUT2D eigenvalue weighted by molar-refractivity contribution is 7.09. The van der Waals surface area contributed by atoms with E-state index in [1.807, 2.05) is 12.3 Å². The Morgan fingerprint density at radius 2 is 2.00 bits per heavy atom. The van der Waals surface area contributed by atoms with Crippen molar-refractivity contribution in [2.75, 3.05) is 0 Å². The summed E-state index contributed by atoms with van der Waals surface area (Å²) in [5.74, 6) is 0.835. The van der Waals surface area contributed by atoms with E-state index in [2.05, 4.69) is 10.3 Å². The summed E-state index contributed by atoms with van der Waals surface area (Å²) in [6, 6.07) is -0.578. The lowest BCUT2D eigenvalue weighted by Gasteiger charge is -2.39. The van der Waals surface area contributed by atoms with Crippen molar-refractivity contribution in [1.29, 1.82) is 0 Å². The van der Waals surface area contributed by atoms with Crippen molar-refractivity contribution in [3.05, 3.63) is 16.1 Å². The summed E-state index contributed by atoms with van der Waals surface area (Å²) in [4.78, 5) is 31.5. The summed E-state index contributed by atoms with van der Waals surface area (Å²) < 4.78 is 0. The third-order valence-electron chi connectivity index (χ3n) is 4.59. The van der Waals surface area contributed by atoms with E-state index in [4.69, 9.17) is 0 Å². The Kier molecular flexibility index (Phi) is 3.03. The van der Waals surface area contributed by atoms with Crippen molar-refractivity contribution >= 4 is 23.2 Å². The van der Waals surface area contributed by atoms with E-state index in [1.165, 1.54) is 0 Å². The fraction of sp³-hybridized carbons (Fsp3) is 0.667. The van der Waals surface area contributed by atoms with Gasteiger partial charge >= 0.3 is 0 Å². The lowest BCUT2D eigenvalue weighted by atomic mass is 10.0. The first-order valence-electron chi connectivity index (χ1n) is 7.65. The zero-order chi connectivity index (χ0) is 14.6. The fourth-order valence-corrected chi connectivity index (χ4v) is 3.95. The molecule has 2 heterocycles. The van der Waals surface area contributed by atoms with E-state index < -0.39 is 0 Å². The predicted octanol–water partition coefficient (Wildman–Crippen LogP) is 1.47. The SMILES string of the molecule is Cc1csc(CN2C(=O)C(C3CC3)NC(=O)C2C2CC2)n1. The number of nitrogens with zero attached hydrogens (tertiary/aromatic N) is 2. The van der Waals surface area contributed by atoms with Crippen LogP contribution in [0, 0.1) is 18.8 Å². The highest BCUT2D eigenvalue weighted by atomic mass is 32.1. The minimum atomic E-state index is -0.298. The molecule has 2 saturated carbocycles. The van der Waals surface area contributed by atoms with E-state index in [0.717, 1.165) is 36.4 Å². The van der Waals surface area contributed by atoms with Crippen LogP contribution in [0.4, 0.5) is 0 Å². The van der Waals surface area contributed by atoms with Crippen molar-refractivity contribution in [2.45, 2.75) is 51.2 Å². The summed E-state index contributed by atoms with van der Waals surface area (Å²) >= 11 is 1.57. The molecule has 1 aliphatic heterocycles. The smallest absolute Gasteiger partial charge is 0.246 e. The molecule has 2 unspecified atom stereocenters. The van der Waals surface area contributed by atoms with Gasteiger partial charge in [0.25, 0.3) is 0 Å². The molecule has 2 amide bonds. The van der Waals surface area contributed by atoms with E-state index in [9.17, 15) is 9.59 Å². The molecular formula is C15H19N3O2S. The summed E-state index contributed by atoms with van der Waals surface area (Å²) in [6.45, 7) is 2.44. The van der Waals surface area contributed by atoms with E-state index >= 15 is 0 Å². The largest absolute Gasteiger partial charge is 0.342 e. The molecule has 3 aliphatic rings. The molecule has 0 aromatic carbocycles. The van der Waals surface area contributed by atoms with Gasteiger partial charge in [0.05, 0.1) is 6.54 Å². The molecule has 6 heteroatoms. The number of aromatic nitrogens is 1. The average Bonchev–Trinajstić information content (AvgIpc) is 3.33. The number of carbonyl (C=O) groups is 2. The second kappa shape index (κ2) is 4.80. The number of amides is 2. The van der Waals surface area contributed by atoms with Crippen LogP contribution in [0.3, 0.4) is 0 Å². The zero-order valence-corrected chi connectivity index (χ0v) is 12.9. The number of nitrogens with one attached hydrogen (secondary N) is 1. The molecular weight excluding hydrogens is 286 g/mol. The van der Waals surface area contributed by atoms with Crippen LogP contribution in [-0.2, 0) is 16.1 Å². The second-order valence-electron chi connectivity index (χ2n) is 6.45. The predicted molar refractivity (Wildman–Crippen MR) is 78.6 cm³/mol. The standard InChI is InChI=1S/C15H19N3O2S/c1-8-7-21-11(16-8)6-18-13(10-4-5-10)14(19)17-12(15(18)20)9-2-3-9/h7,9-10,12-13H,2-6H2,1H3,(H,17,19). The number of hydrogen-bond donors (Lipinski definition) is 1. The highest BCUT2D eigenvalue weighted by Gasteiger charge is 2.51. The monoisotopic (exact) mass is 305 g/mol. The first kappa shape index (κ1) is 13.2. The lowest BCUT2D eigenvalue weighted by molar-refractivity contribution is -0.151. The molecule has 1 saturated heterocycles. The molecule has 1 aromatic heterocycles. The molecule has 21 heavy (non-hydrogen) atoms. The molecule has 0 radical (unpaired) electrons. The molecule has 0 bridgehead atoms. The van der Waals surface area contributed by atoms with Crippen molar-refractivity contribution < 1.29 is 9.59 Å². The second-order valence-corrected chi connectivity index (χ2v) is 7.40. The number of carbonyl (C=O) groups excluding carboxylic acids is 2. The van der Waals surface area contributed by atoms with Gasteiger partial charge in [0.15, 0.2) is 0 Å². The molecule has 2 aliphatic carbocycles. The Labute approximate surface area is 127 Å². The van der Waals surface area contributed by atoms with Crippen LogP contribution in [-0.4, -0.2) is 33.8 Å². The van der Waals surface area contributed by atoms with Gasteiger partial charge in [-0.2, -0.15) is 0 Å². The summed E-state index contributed by atoms with van der Waals surface area (Å²) in [6.07, 6.45) is 4.20. The number of aryl methyl sites for hydroxylation is 1. The molecule has 4 rings (SSSR count). The quantitative estimate of drug-likeness (QED) is 0.916. The van der Waals surface area contributed by atoms with Crippen LogP contribution in [0.2, 0.25) is 0 Å². The van der Waals surface area contributed by atoms with Gasteiger partial charge in [0.1, 0.15) is 17.1 Å². The minimum Gasteiger partial charge on any atom is -0.342 e. The summed E-state index contributed by atoms with van der Waals surface area (Å²) in [5, 5.41) is 5.89. The van der Waals surface area contributed by atoms with Gasteiger partial charge in [-0.3, -0.25) is 9.59 Å². The molecule has 5 nitrogen and oxygen atoms in total. The fourth-order valence-electron chi connectivity index (χ4n) is 3.18. The van der Waals surface area contributed by atoms with Gasteiger partial charge in [-0.05, 0) is 44.4 Å². The normalized spacial score (nSPS) is 29.7. The first-order valence-corrected chi connectivity index (χ1v) is 8.53. The van der Waals surface area contributed by atoms with E-state index in [-0.39, 0.29) is 23.9 Å². The topological polar surface area (TPSA) is 62.3 Å². The Balaban J connectivity index is 1.60. The van der Waals surface area contributed by atoms with Crippen LogP contribution >= 0.6 is 11.3 Å². The Morgan fingerprint density at radius 1 is 1.29 bits per heavy atom. The molecule has 1 N–H and O–H groups in total. The van der Waals surface area contributed by atoms with E-state index in [0.29, 0.717) is 18.4 Å². The number of hydrogen-bond acceptors (Lipinski definition) is 4. The van der Waals surface area contributed by atoms with E-state index in [1.54, 1.807) is 16.2 Å².